The summed E-state index contributed by atoms with van der Waals surface area (Å²) in [4.78, 5) is 3.74. The summed E-state index contributed by atoms with van der Waals surface area (Å²) >= 11 is 0. The summed E-state index contributed by atoms with van der Waals surface area (Å²) in [6.45, 7) is 1.10. The van der Waals surface area contributed by atoms with E-state index in [0.717, 1.165) is 25.1 Å². The van der Waals surface area contributed by atoms with E-state index in [1.807, 2.05) is 0 Å². The molecule has 0 unspecified atom stereocenters. The maximum Gasteiger partial charge on any atom is 0.417 e. The lowest BCUT2D eigenvalue weighted by Gasteiger charge is -2.22. The quantitative estimate of drug-likeness (QED) is 0.835. The van der Waals surface area contributed by atoms with Gasteiger partial charge in [0.15, 0.2) is 0 Å². The zero-order valence-corrected chi connectivity index (χ0v) is 11.2. The molecule has 1 heterocycles. The number of nitrogens with zero attached hydrogens (tertiary/aromatic N) is 1. The first-order chi connectivity index (χ1) is 9.55. The molecule has 0 bridgehead atoms. The summed E-state index contributed by atoms with van der Waals surface area (Å²) in [6, 6.07) is 2.36. The molecule has 0 aromatic carbocycles. The zero-order valence-electron chi connectivity index (χ0n) is 11.2. The lowest BCUT2D eigenvalue weighted by Crippen LogP contribution is -2.20. The highest BCUT2D eigenvalue weighted by atomic mass is 19.4. The van der Waals surface area contributed by atoms with Crippen LogP contribution in [-0.2, 0) is 10.9 Å². The Bertz CT molecular complexity index is 400. The Morgan fingerprint density at radius 3 is 2.55 bits per heavy atom. The lowest BCUT2D eigenvalue weighted by atomic mass is 9.98. The maximum absolute atomic E-state index is 12.4. The molecule has 0 saturated heterocycles. The average molecular weight is 288 g/mol. The molecule has 1 aliphatic rings. The van der Waals surface area contributed by atoms with E-state index in [4.69, 9.17) is 4.74 Å². The number of alkyl halides is 3. The Hall–Kier alpha value is -1.30. The van der Waals surface area contributed by atoms with E-state index in [2.05, 4.69) is 10.3 Å². The Balaban J connectivity index is 1.68. The van der Waals surface area contributed by atoms with E-state index >= 15 is 0 Å². The van der Waals surface area contributed by atoms with E-state index in [-0.39, 0.29) is 0 Å². The number of pyridine rings is 1. The molecule has 1 aromatic rings. The third-order valence-corrected chi connectivity index (χ3v) is 3.40. The van der Waals surface area contributed by atoms with Crippen molar-refractivity contribution in [2.24, 2.45) is 0 Å². The first-order valence-corrected chi connectivity index (χ1v) is 6.94. The Labute approximate surface area is 116 Å². The normalized spacial score (nSPS) is 17.1. The summed E-state index contributed by atoms with van der Waals surface area (Å²) in [7, 11) is 0. The van der Waals surface area contributed by atoms with Gasteiger partial charge in [0.05, 0.1) is 18.3 Å². The van der Waals surface area contributed by atoms with E-state index in [0.29, 0.717) is 25.1 Å². The van der Waals surface area contributed by atoms with Crippen LogP contribution in [-0.4, -0.2) is 24.2 Å². The van der Waals surface area contributed by atoms with E-state index in [9.17, 15) is 13.2 Å². The van der Waals surface area contributed by atoms with Gasteiger partial charge in [-0.15, -0.1) is 0 Å². The molecule has 1 saturated carbocycles. The van der Waals surface area contributed by atoms with Crippen molar-refractivity contribution in [3.05, 3.63) is 23.9 Å². The van der Waals surface area contributed by atoms with Crippen molar-refractivity contribution < 1.29 is 17.9 Å². The van der Waals surface area contributed by atoms with E-state index in [1.54, 1.807) is 0 Å². The van der Waals surface area contributed by atoms with Crippen LogP contribution in [0.25, 0.3) is 0 Å². The van der Waals surface area contributed by atoms with Crippen LogP contribution in [0.5, 0.6) is 0 Å². The molecule has 1 fully saturated rings. The van der Waals surface area contributed by atoms with Crippen molar-refractivity contribution in [1.29, 1.82) is 0 Å². The highest BCUT2D eigenvalue weighted by molar-refractivity contribution is 5.35. The van der Waals surface area contributed by atoms with Crippen molar-refractivity contribution in [1.82, 2.24) is 4.98 Å². The molecule has 3 nitrogen and oxygen atoms in total. The van der Waals surface area contributed by atoms with Crippen LogP contribution in [0, 0.1) is 0 Å². The van der Waals surface area contributed by atoms with Crippen LogP contribution in [0.2, 0.25) is 0 Å². The molecule has 1 aliphatic carbocycles. The van der Waals surface area contributed by atoms with Gasteiger partial charge in [0.25, 0.3) is 0 Å². The molecule has 0 amide bonds. The fourth-order valence-electron chi connectivity index (χ4n) is 2.30. The topological polar surface area (TPSA) is 34.1 Å². The monoisotopic (exact) mass is 288 g/mol. The Morgan fingerprint density at radius 2 is 1.95 bits per heavy atom. The van der Waals surface area contributed by atoms with Gasteiger partial charge in [-0.3, -0.25) is 0 Å². The molecule has 0 aliphatic heterocycles. The summed E-state index contributed by atoms with van der Waals surface area (Å²) in [6.07, 6.45) is 2.79. The predicted octanol–water partition coefficient (Wildman–Crippen LogP) is 3.86. The number of nitrogens with one attached hydrogen (secondary N) is 1. The Morgan fingerprint density at radius 1 is 1.20 bits per heavy atom. The predicted molar refractivity (Wildman–Crippen MR) is 70.6 cm³/mol. The van der Waals surface area contributed by atoms with Gasteiger partial charge in [-0.2, -0.15) is 13.2 Å². The zero-order chi connectivity index (χ0) is 14.4. The van der Waals surface area contributed by atoms with Crippen LogP contribution in [0.1, 0.15) is 37.7 Å². The second kappa shape index (κ2) is 6.92. The molecule has 1 N–H and O–H groups in total. The number of rotatable bonds is 5. The molecule has 1 aromatic heterocycles. The van der Waals surface area contributed by atoms with Gasteiger partial charge in [-0.25, -0.2) is 4.98 Å². The van der Waals surface area contributed by atoms with Crippen LogP contribution >= 0.6 is 0 Å². The van der Waals surface area contributed by atoms with Gasteiger partial charge in [0.2, 0.25) is 0 Å². The number of anilines is 1. The minimum Gasteiger partial charge on any atom is -0.376 e. The SMILES string of the molecule is FC(F)(F)c1ccc(NCCOC2CCCCC2)nc1. The van der Waals surface area contributed by atoms with E-state index in [1.165, 1.54) is 25.3 Å². The third-order valence-electron chi connectivity index (χ3n) is 3.40. The molecular formula is C14H19F3N2O. The average Bonchev–Trinajstić information content (AvgIpc) is 2.44. The minimum atomic E-state index is -4.34. The molecule has 0 spiro atoms. The summed E-state index contributed by atoms with van der Waals surface area (Å²) in [5.74, 6) is 0.435. The van der Waals surface area contributed by atoms with Gasteiger partial charge in [0, 0.05) is 12.7 Å². The minimum absolute atomic E-state index is 0.339. The van der Waals surface area contributed by atoms with Gasteiger partial charge in [-0.05, 0) is 25.0 Å². The number of hydrogen-bond donors (Lipinski definition) is 1. The standard InChI is InChI=1S/C14H19F3N2O/c15-14(16,17)11-6-7-13(19-10-11)18-8-9-20-12-4-2-1-3-5-12/h6-7,10,12H,1-5,8-9H2,(H,18,19). The summed E-state index contributed by atoms with van der Waals surface area (Å²) < 4.78 is 42.8. The van der Waals surface area contributed by atoms with Crippen molar-refractivity contribution >= 4 is 5.82 Å². The third kappa shape index (κ3) is 4.67. The van der Waals surface area contributed by atoms with Crippen LogP contribution in [0.15, 0.2) is 18.3 Å². The lowest BCUT2D eigenvalue weighted by molar-refractivity contribution is -0.137. The van der Waals surface area contributed by atoms with Gasteiger partial charge >= 0.3 is 6.18 Å². The molecule has 6 heteroatoms. The molecule has 0 atom stereocenters. The number of halogens is 3. The van der Waals surface area contributed by atoms with Gasteiger partial charge in [-0.1, -0.05) is 19.3 Å². The van der Waals surface area contributed by atoms with E-state index < -0.39 is 11.7 Å². The molecule has 0 radical (unpaired) electrons. The molecular weight excluding hydrogens is 269 g/mol. The largest absolute Gasteiger partial charge is 0.417 e. The van der Waals surface area contributed by atoms with Crippen LogP contribution in [0.3, 0.4) is 0 Å². The van der Waals surface area contributed by atoms with Crippen molar-refractivity contribution in [2.75, 3.05) is 18.5 Å². The van der Waals surface area contributed by atoms with Crippen molar-refractivity contribution in [3.63, 3.8) is 0 Å². The number of aromatic nitrogens is 1. The van der Waals surface area contributed by atoms with Crippen LogP contribution in [0.4, 0.5) is 19.0 Å². The molecule has 112 valence electrons. The number of ether oxygens (including phenoxy) is 1. The fraction of sp³-hybridized carbons (Fsp3) is 0.643. The summed E-state index contributed by atoms with van der Waals surface area (Å²) in [5, 5.41) is 2.96. The van der Waals surface area contributed by atoms with Crippen molar-refractivity contribution in [3.8, 4) is 0 Å². The second-order valence-electron chi connectivity index (χ2n) is 4.99. The first-order valence-electron chi connectivity index (χ1n) is 6.94. The fourth-order valence-corrected chi connectivity index (χ4v) is 2.30. The smallest absolute Gasteiger partial charge is 0.376 e. The molecule has 20 heavy (non-hydrogen) atoms. The Kier molecular flexibility index (Phi) is 5.23. The maximum atomic E-state index is 12.4. The van der Waals surface area contributed by atoms with Gasteiger partial charge in [0.1, 0.15) is 5.82 Å². The highest BCUT2D eigenvalue weighted by Crippen LogP contribution is 2.28. The number of hydrogen-bond acceptors (Lipinski definition) is 3. The molecule has 2 rings (SSSR count). The second-order valence-corrected chi connectivity index (χ2v) is 4.99. The first kappa shape index (κ1) is 15.1. The highest BCUT2D eigenvalue weighted by Gasteiger charge is 2.30. The van der Waals surface area contributed by atoms with Gasteiger partial charge < -0.3 is 10.1 Å². The summed E-state index contributed by atoms with van der Waals surface area (Å²) in [5.41, 5.74) is -0.735. The van der Waals surface area contributed by atoms with Crippen molar-refractivity contribution in [2.45, 2.75) is 44.4 Å². The van der Waals surface area contributed by atoms with Crippen LogP contribution < -0.4 is 5.32 Å².